The van der Waals surface area contributed by atoms with E-state index in [2.05, 4.69) is 18.8 Å². The zero-order valence-corrected chi connectivity index (χ0v) is 11.1. The monoisotopic (exact) mass is 255 g/mol. The van der Waals surface area contributed by atoms with Crippen LogP contribution >= 0.6 is 11.6 Å². The Morgan fingerprint density at radius 3 is 2.76 bits per heavy atom. The molecule has 1 aromatic carbocycles. The van der Waals surface area contributed by atoms with Gasteiger partial charge >= 0.3 is 0 Å². The quantitative estimate of drug-likeness (QED) is 0.739. The minimum Gasteiger partial charge on any atom is -0.310 e. The van der Waals surface area contributed by atoms with E-state index in [-0.39, 0.29) is 11.9 Å². The second-order valence-electron chi connectivity index (χ2n) is 4.30. The van der Waals surface area contributed by atoms with E-state index >= 15 is 0 Å². The SMILES string of the molecule is C=C(C)CC(NCCC)c1c(F)cccc1Cl. The fourth-order valence-corrected chi connectivity index (χ4v) is 2.08. The van der Waals surface area contributed by atoms with E-state index in [0.717, 1.165) is 18.5 Å². The number of rotatable bonds is 6. The Kier molecular flexibility index (Phi) is 5.66. The standard InChI is InChI=1S/C14H19ClFN/c1-4-8-17-13(9-10(2)3)14-11(15)6-5-7-12(14)16/h5-7,13,17H,2,4,8-9H2,1,3H3. The molecule has 17 heavy (non-hydrogen) atoms. The van der Waals surface area contributed by atoms with Crippen LogP contribution in [-0.2, 0) is 0 Å². The van der Waals surface area contributed by atoms with Crippen LogP contribution in [0.3, 0.4) is 0 Å². The lowest BCUT2D eigenvalue weighted by molar-refractivity contribution is 0.496. The van der Waals surface area contributed by atoms with Gasteiger partial charge in [0.2, 0.25) is 0 Å². The maximum Gasteiger partial charge on any atom is 0.129 e. The van der Waals surface area contributed by atoms with Crippen molar-refractivity contribution in [2.45, 2.75) is 32.7 Å². The first-order valence-electron chi connectivity index (χ1n) is 5.88. The zero-order valence-electron chi connectivity index (χ0n) is 10.4. The third-order valence-corrected chi connectivity index (χ3v) is 2.87. The third kappa shape index (κ3) is 4.14. The van der Waals surface area contributed by atoms with Crippen LogP contribution in [0.2, 0.25) is 5.02 Å². The number of hydrogen-bond acceptors (Lipinski definition) is 1. The molecule has 0 amide bonds. The predicted octanol–water partition coefficient (Wildman–Crippen LogP) is 4.49. The first-order chi connectivity index (χ1) is 8.06. The summed E-state index contributed by atoms with van der Waals surface area (Å²) in [5.74, 6) is -0.257. The molecule has 0 fully saturated rings. The van der Waals surface area contributed by atoms with Gasteiger partial charge in [-0.2, -0.15) is 0 Å². The molecule has 0 spiro atoms. The van der Waals surface area contributed by atoms with Crippen molar-refractivity contribution in [1.29, 1.82) is 0 Å². The molecule has 0 heterocycles. The summed E-state index contributed by atoms with van der Waals surface area (Å²) in [6.07, 6.45) is 1.69. The highest BCUT2D eigenvalue weighted by atomic mass is 35.5. The summed E-state index contributed by atoms with van der Waals surface area (Å²) < 4.78 is 13.8. The molecule has 0 aromatic heterocycles. The van der Waals surface area contributed by atoms with E-state index in [0.29, 0.717) is 17.0 Å². The molecular weight excluding hydrogens is 237 g/mol. The molecule has 0 aliphatic rings. The highest BCUT2D eigenvalue weighted by molar-refractivity contribution is 6.31. The first-order valence-corrected chi connectivity index (χ1v) is 6.25. The molecule has 0 aliphatic heterocycles. The summed E-state index contributed by atoms with van der Waals surface area (Å²) in [4.78, 5) is 0. The van der Waals surface area contributed by atoms with Gasteiger partial charge in [-0.3, -0.25) is 0 Å². The van der Waals surface area contributed by atoms with Crippen LogP contribution in [0.4, 0.5) is 4.39 Å². The Hall–Kier alpha value is -0.860. The average molecular weight is 256 g/mol. The van der Waals surface area contributed by atoms with Crippen LogP contribution in [0.5, 0.6) is 0 Å². The largest absolute Gasteiger partial charge is 0.310 e. The lowest BCUT2D eigenvalue weighted by atomic mass is 9.99. The van der Waals surface area contributed by atoms with Gasteiger partial charge in [-0.25, -0.2) is 4.39 Å². The normalized spacial score (nSPS) is 12.5. The van der Waals surface area contributed by atoms with Crippen molar-refractivity contribution in [3.63, 3.8) is 0 Å². The van der Waals surface area contributed by atoms with Gasteiger partial charge in [0.25, 0.3) is 0 Å². The molecular formula is C14H19ClFN. The molecule has 3 heteroatoms. The van der Waals surface area contributed by atoms with Crippen molar-refractivity contribution >= 4 is 11.6 Å². The van der Waals surface area contributed by atoms with Crippen LogP contribution in [0.1, 0.15) is 38.3 Å². The summed E-state index contributed by atoms with van der Waals surface area (Å²) in [6, 6.07) is 4.69. The molecule has 1 atom stereocenters. The van der Waals surface area contributed by atoms with Gasteiger partial charge in [0.05, 0.1) is 0 Å². The molecule has 1 unspecified atom stereocenters. The van der Waals surface area contributed by atoms with Crippen LogP contribution in [0.25, 0.3) is 0 Å². The van der Waals surface area contributed by atoms with Gasteiger partial charge in [-0.05, 0) is 38.4 Å². The molecule has 0 saturated heterocycles. The molecule has 1 nitrogen and oxygen atoms in total. The van der Waals surface area contributed by atoms with Crippen molar-refractivity contribution in [3.8, 4) is 0 Å². The van der Waals surface area contributed by atoms with E-state index in [1.165, 1.54) is 6.07 Å². The van der Waals surface area contributed by atoms with E-state index in [9.17, 15) is 4.39 Å². The van der Waals surface area contributed by atoms with Gasteiger partial charge in [0.15, 0.2) is 0 Å². The summed E-state index contributed by atoms with van der Waals surface area (Å²) in [5.41, 5.74) is 1.56. The van der Waals surface area contributed by atoms with Crippen molar-refractivity contribution in [3.05, 3.63) is 46.8 Å². The van der Waals surface area contributed by atoms with Crippen LogP contribution in [0, 0.1) is 5.82 Å². The highest BCUT2D eigenvalue weighted by Gasteiger charge is 2.18. The van der Waals surface area contributed by atoms with E-state index < -0.39 is 0 Å². The van der Waals surface area contributed by atoms with E-state index in [4.69, 9.17) is 11.6 Å². The van der Waals surface area contributed by atoms with Gasteiger partial charge < -0.3 is 5.32 Å². The van der Waals surface area contributed by atoms with Crippen molar-refractivity contribution in [2.24, 2.45) is 0 Å². The van der Waals surface area contributed by atoms with Crippen molar-refractivity contribution in [2.75, 3.05) is 6.54 Å². The van der Waals surface area contributed by atoms with Crippen LogP contribution in [0.15, 0.2) is 30.4 Å². The average Bonchev–Trinajstić information content (AvgIpc) is 2.24. The molecule has 94 valence electrons. The van der Waals surface area contributed by atoms with Gasteiger partial charge in [0, 0.05) is 16.6 Å². The minimum absolute atomic E-state index is 0.0962. The summed E-state index contributed by atoms with van der Waals surface area (Å²) in [7, 11) is 0. The second-order valence-corrected chi connectivity index (χ2v) is 4.71. The molecule has 0 radical (unpaired) electrons. The third-order valence-electron chi connectivity index (χ3n) is 2.54. The predicted molar refractivity (Wildman–Crippen MR) is 71.9 cm³/mol. The maximum atomic E-state index is 13.8. The van der Waals surface area contributed by atoms with Gasteiger partial charge in [-0.1, -0.05) is 30.2 Å². The molecule has 1 aromatic rings. The second kappa shape index (κ2) is 6.77. The number of nitrogens with one attached hydrogen (secondary N) is 1. The first kappa shape index (κ1) is 14.2. The lowest BCUT2D eigenvalue weighted by Crippen LogP contribution is -2.23. The maximum absolute atomic E-state index is 13.8. The Morgan fingerprint density at radius 2 is 2.24 bits per heavy atom. The summed E-state index contributed by atoms with van der Waals surface area (Å²) >= 11 is 6.08. The Morgan fingerprint density at radius 1 is 1.53 bits per heavy atom. The highest BCUT2D eigenvalue weighted by Crippen LogP contribution is 2.29. The molecule has 1 N–H and O–H groups in total. The minimum atomic E-state index is -0.257. The number of benzene rings is 1. The summed E-state index contributed by atoms with van der Waals surface area (Å²) in [6.45, 7) is 8.74. The molecule has 0 saturated carbocycles. The Bertz CT molecular complexity index is 370. The van der Waals surface area contributed by atoms with Crippen molar-refractivity contribution < 1.29 is 4.39 Å². The summed E-state index contributed by atoms with van der Waals surface area (Å²) in [5, 5.41) is 3.79. The van der Waals surface area contributed by atoms with Gasteiger partial charge in [-0.15, -0.1) is 6.58 Å². The van der Waals surface area contributed by atoms with Crippen molar-refractivity contribution in [1.82, 2.24) is 5.32 Å². The van der Waals surface area contributed by atoms with Crippen LogP contribution < -0.4 is 5.32 Å². The fourth-order valence-electron chi connectivity index (χ4n) is 1.79. The smallest absolute Gasteiger partial charge is 0.129 e. The topological polar surface area (TPSA) is 12.0 Å². The van der Waals surface area contributed by atoms with Gasteiger partial charge in [0.1, 0.15) is 5.82 Å². The molecule has 0 bridgehead atoms. The number of hydrogen-bond donors (Lipinski definition) is 1. The van der Waals surface area contributed by atoms with E-state index in [1.807, 2.05) is 6.92 Å². The van der Waals surface area contributed by atoms with E-state index in [1.54, 1.807) is 12.1 Å². The van der Waals surface area contributed by atoms with Crippen LogP contribution in [-0.4, -0.2) is 6.54 Å². The molecule has 1 rings (SSSR count). The lowest BCUT2D eigenvalue weighted by Gasteiger charge is -2.20. The Balaban J connectivity index is 2.98. The fraction of sp³-hybridized carbons (Fsp3) is 0.429. The Labute approximate surface area is 108 Å². The number of halogens is 2. The zero-order chi connectivity index (χ0) is 12.8. The molecule has 0 aliphatic carbocycles.